The molecule has 3 rings (SSSR count). The van der Waals surface area contributed by atoms with Crippen molar-refractivity contribution < 1.29 is 9.53 Å². The highest BCUT2D eigenvalue weighted by atomic mass is 16.5. The summed E-state index contributed by atoms with van der Waals surface area (Å²) in [7, 11) is 1.84. The van der Waals surface area contributed by atoms with Crippen LogP contribution < -0.4 is 5.32 Å². The standard InChI is InChI=1S/C19H26N4O2/c1-3-16-11-18(22(2)21-16)20-19(24)12-17-14-23(9-10-25-17)13-15-7-5-4-6-8-15/h4-8,11,17H,3,9-10,12-14H2,1-2H3,(H,20,24). The van der Waals surface area contributed by atoms with Crippen molar-refractivity contribution in [2.24, 2.45) is 7.05 Å². The SMILES string of the molecule is CCc1cc(NC(=O)CC2CN(Cc3ccccc3)CCO2)n(C)n1. The zero-order valence-electron chi connectivity index (χ0n) is 14.9. The lowest BCUT2D eigenvalue weighted by molar-refractivity contribution is -0.121. The van der Waals surface area contributed by atoms with Crippen molar-refractivity contribution in [2.75, 3.05) is 25.0 Å². The minimum Gasteiger partial charge on any atom is -0.375 e. The van der Waals surface area contributed by atoms with Gasteiger partial charge in [0.15, 0.2) is 0 Å². The second-order valence-electron chi connectivity index (χ2n) is 6.46. The highest BCUT2D eigenvalue weighted by Gasteiger charge is 2.23. The summed E-state index contributed by atoms with van der Waals surface area (Å²) in [5.41, 5.74) is 2.26. The second kappa shape index (κ2) is 8.27. The van der Waals surface area contributed by atoms with Crippen molar-refractivity contribution in [1.82, 2.24) is 14.7 Å². The molecule has 1 aromatic heterocycles. The van der Waals surface area contributed by atoms with E-state index in [0.29, 0.717) is 13.0 Å². The number of hydrogen-bond acceptors (Lipinski definition) is 4. The molecule has 2 aromatic rings. The first kappa shape index (κ1) is 17.6. The first-order valence-electron chi connectivity index (χ1n) is 8.84. The molecule has 2 heterocycles. The fraction of sp³-hybridized carbons (Fsp3) is 0.474. The minimum absolute atomic E-state index is 0.0304. The van der Waals surface area contributed by atoms with E-state index in [1.807, 2.05) is 26.1 Å². The van der Waals surface area contributed by atoms with Crippen LogP contribution in [0.2, 0.25) is 0 Å². The van der Waals surface area contributed by atoms with Crippen molar-refractivity contribution >= 4 is 11.7 Å². The van der Waals surface area contributed by atoms with Gasteiger partial charge in [-0.1, -0.05) is 37.3 Å². The molecule has 0 saturated carbocycles. The van der Waals surface area contributed by atoms with Crippen LogP contribution in [-0.2, 0) is 29.5 Å². The molecule has 1 aromatic carbocycles. The maximum atomic E-state index is 12.3. The Balaban J connectivity index is 1.51. The number of rotatable bonds is 6. The molecule has 1 N–H and O–H groups in total. The van der Waals surface area contributed by atoms with Gasteiger partial charge in [-0.05, 0) is 12.0 Å². The van der Waals surface area contributed by atoms with Crippen LogP contribution in [0.3, 0.4) is 0 Å². The number of ether oxygens (including phenoxy) is 1. The Hall–Kier alpha value is -2.18. The predicted octanol–water partition coefficient (Wildman–Crippen LogP) is 2.21. The zero-order chi connectivity index (χ0) is 17.6. The van der Waals surface area contributed by atoms with Crippen LogP contribution in [0.5, 0.6) is 0 Å². The van der Waals surface area contributed by atoms with Crippen molar-refractivity contribution in [3.8, 4) is 0 Å². The molecule has 0 bridgehead atoms. The van der Waals surface area contributed by atoms with Crippen molar-refractivity contribution in [2.45, 2.75) is 32.4 Å². The van der Waals surface area contributed by atoms with Crippen LogP contribution in [-0.4, -0.2) is 46.4 Å². The van der Waals surface area contributed by atoms with Gasteiger partial charge in [0.1, 0.15) is 5.82 Å². The summed E-state index contributed by atoms with van der Waals surface area (Å²) in [5, 5.41) is 7.29. The Morgan fingerprint density at radius 3 is 2.88 bits per heavy atom. The summed E-state index contributed by atoms with van der Waals surface area (Å²) in [6.45, 7) is 5.27. The largest absolute Gasteiger partial charge is 0.375 e. The molecule has 1 atom stereocenters. The summed E-state index contributed by atoms with van der Waals surface area (Å²) in [6.07, 6.45) is 1.14. The average Bonchev–Trinajstić information content (AvgIpc) is 2.96. The van der Waals surface area contributed by atoms with E-state index in [9.17, 15) is 4.79 Å². The molecule has 6 heteroatoms. The van der Waals surface area contributed by atoms with Crippen LogP contribution in [0, 0.1) is 0 Å². The summed E-state index contributed by atoms with van der Waals surface area (Å²) in [5.74, 6) is 0.705. The van der Waals surface area contributed by atoms with E-state index in [-0.39, 0.29) is 12.0 Å². The van der Waals surface area contributed by atoms with Gasteiger partial charge in [0.25, 0.3) is 0 Å². The normalized spacial score (nSPS) is 18.2. The maximum absolute atomic E-state index is 12.3. The van der Waals surface area contributed by atoms with Gasteiger partial charge in [0.05, 0.1) is 24.8 Å². The lowest BCUT2D eigenvalue weighted by Gasteiger charge is -2.32. The number of aromatic nitrogens is 2. The molecular formula is C19H26N4O2. The van der Waals surface area contributed by atoms with Gasteiger partial charge in [0.2, 0.25) is 5.91 Å². The molecular weight excluding hydrogens is 316 g/mol. The molecule has 1 unspecified atom stereocenters. The fourth-order valence-electron chi connectivity index (χ4n) is 3.11. The third-order valence-electron chi connectivity index (χ3n) is 4.45. The number of aryl methyl sites for hydroxylation is 2. The highest BCUT2D eigenvalue weighted by Crippen LogP contribution is 2.15. The lowest BCUT2D eigenvalue weighted by Crippen LogP contribution is -2.43. The lowest BCUT2D eigenvalue weighted by atomic mass is 10.1. The van der Waals surface area contributed by atoms with E-state index in [4.69, 9.17) is 4.74 Å². The third-order valence-corrected chi connectivity index (χ3v) is 4.45. The van der Waals surface area contributed by atoms with Gasteiger partial charge in [-0.25, -0.2) is 0 Å². The predicted molar refractivity (Wildman–Crippen MR) is 97.3 cm³/mol. The summed E-state index contributed by atoms with van der Waals surface area (Å²) >= 11 is 0. The first-order chi connectivity index (χ1) is 12.1. The molecule has 0 aliphatic carbocycles. The Labute approximate surface area is 148 Å². The number of amides is 1. The Bertz CT molecular complexity index is 699. The van der Waals surface area contributed by atoms with Crippen molar-refractivity contribution in [1.29, 1.82) is 0 Å². The average molecular weight is 342 g/mol. The number of carbonyl (C=O) groups is 1. The Morgan fingerprint density at radius 1 is 1.36 bits per heavy atom. The number of benzene rings is 1. The maximum Gasteiger partial charge on any atom is 0.228 e. The quantitative estimate of drug-likeness (QED) is 0.874. The van der Waals surface area contributed by atoms with Gasteiger partial charge in [-0.2, -0.15) is 5.10 Å². The zero-order valence-corrected chi connectivity index (χ0v) is 14.9. The minimum atomic E-state index is -0.0728. The van der Waals surface area contributed by atoms with E-state index in [0.717, 1.165) is 37.6 Å². The molecule has 1 aliphatic heterocycles. The fourth-order valence-corrected chi connectivity index (χ4v) is 3.11. The molecule has 0 radical (unpaired) electrons. The highest BCUT2D eigenvalue weighted by molar-refractivity contribution is 5.90. The number of carbonyl (C=O) groups excluding carboxylic acids is 1. The van der Waals surface area contributed by atoms with Crippen LogP contribution in [0.1, 0.15) is 24.6 Å². The first-order valence-corrected chi connectivity index (χ1v) is 8.84. The number of anilines is 1. The van der Waals surface area contributed by atoms with E-state index in [2.05, 4.69) is 39.6 Å². The second-order valence-corrected chi connectivity index (χ2v) is 6.46. The monoisotopic (exact) mass is 342 g/mol. The Morgan fingerprint density at radius 2 is 2.16 bits per heavy atom. The summed E-state index contributed by atoms with van der Waals surface area (Å²) < 4.78 is 7.49. The van der Waals surface area contributed by atoms with Crippen LogP contribution in [0.4, 0.5) is 5.82 Å². The number of hydrogen-bond donors (Lipinski definition) is 1. The topological polar surface area (TPSA) is 59.4 Å². The molecule has 0 spiro atoms. The molecule has 25 heavy (non-hydrogen) atoms. The molecule has 134 valence electrons. The molecule has 1 aliphatic rings. The third kappa shape index (κ3) is 4.90. The molecule has 1 fully saturated rings. The van der Waals surface area contributed by atoms with Gasteiger partial charge in [0, 0.05) is 32.7 Å². The molecule has 6 nitrogen and oxygen atoms in total. The van der Waals surface area contributed by atoms with Crippen molar-refractivity contribution in [3.05, 3.63) is 47.7 Å². The number of nitrogens with one attached hydrogen (secondary N) is 1. The number of morpholine rings is 1. The van der Waals surface area contributed by atoms with E-state index in [1.165, 1.54) is 5.56 Å². The van der Waals surface area contributed by atoms with Gasteiger partial charge in [-0.3, -0.25) is 14.4 Å². The summed E-state index contributed by atoms with van der Waals surface area (Å²) in [6, 6.07) is 12.3. The van der Waals surface area contributed by atoms with Crippen LogP contribution >= 0.6 is 0 Å². The summed E-state index contributed by atoms with van der Waals surface area (Å²) in [4.78, 5) is 14.7. The van der Waals surface area contributed by atoms with Crippen molar-refractivity contribution in [3.63, 3.8) is 0 Å². The molecule has 1 amide bonds. The van der Waals surface area contributed by atoms with Gasteiger partial charge < -0.3 is 10.1 Å². The van der Waals surface area contributed by atoms with E-state index >= 15 is 0 Å². The van der Waals surface area contributed by atoms with E-state index in [1.54, 1.807) is 4.68 Å². The smallest absolute Gasteiger partial charge is 0.228 e. The van der Waals surface area contributed by atoms with Gasteiger partial charge in [-0.15, -0.1) is 0 Å². The van der Waals surface area contributed by atoms with Crippen LogP contribution in [0.25, 0.3) is 0 Å². The molecule has 1 saturated heterocycles. The van der Waals surface area contributed by atoms with Gasteiger partial charge >= 0.3 is 0 Å². The van der Waals surface area contributed by atoms with E-state index < -0.39 is 0 Å². The van der Waals surface area contributed by atoms with Crippen LogP contribution in [0.15, 0.2) is 36.4 Å². The number of nitrogens with zero attached hydrogens (tertiary/aromatic N) is 3. The Kier molecular flexibility index (Phi) is 5.83.